The molecule has 5 heteroatoms. The number of nitriles is 1. The number of aliphatic hydroxyl groups excluding tert-OH is 1. The molecule has 0 radical (unpaired) electrons. The molecule has 0 aliphatic heterocycles. The lowest BCUT2D eigenvalue weighted by Gasteiger charge is -2.16. The van der Waals surface area contributed by atoms with Crippen molar-refractivity contribution in [2.45, 2.75) is 32.0 Å². The average Bonchev–Trinajstić information content (AvgIpc) is 3.07. The van der Waals surface area contributed by atoms with Crippen molar-refractivity contribution < 1.29 is 5.11 Å². The Morgan fingerprint density at radius 2 is 2.32 bits per heavy atom. The van der Waals surface area contributed by atoms with E-state index >= 15 is 0 Å². The van der Waals surface area contributed by atoms with E-state index in [2.05, 4.69) is 18.3 Å². The minimum Gasteiger partial charge on any atom is -0.388 e. The number of hydrogen-bond acceptors (Lipinski definition) is 5. The van der Waals surface area contributed by atoms with Crippen molar-refractivity contribution in [1.82, 2.24) is 5.32 Å². The fourth-order valence-corrected chi connectivity index (χ4v) is 3.31. The molecule has 0 fully saturated rings. The van der Waals surface area contributed by atoms with Gasteiger partial charge in [0.05, 0.1) is 11.7 Å². The molecule has 2 aromatic rings. The normalized spacial score (nSPS) is 13.9. The number of nitrogens with zero attached hydrogens (tertiary/aromatic N) is 1. The zero-order valence-corrected chi connectivity index (χ0v) is 12.3. The standard InChI is InChI=1S/C14H16N2OS2/c1-10(5-13(17)14-3-2-4-18-14)16-8-12-6-11(7-15)9-19-12/h2-4,6,9-10,13,16-17H,5,8H2,1H3. The molecule has 19 heavy (non-hydrogen) atoms. The minimum absolute atomic E-state index is 0.227. The number of thiophene rings is 2. The summed E-state index contributed by atoms with van der Waals surface area (Å²) in [4.78, 5) is 2.16. The highest BCUT2D eigenvalue weighted by Crippen LogP contribution is 2.23. The van der Waals surface area contributed by atoms with E-state index in [1.54, 1.807) is 22.7 Å². The second kappa shape index (κ2) is 6.83. The summed E-state index contributed by atoms with van der Waals surface area (Å²) in [5, 5.41) is 26.0. The molecular formula is C14H16N2OS2. The first-order valence-corrected chi connectivity index (χ1v) is 7.87. The van der Waals surface area contributed by atoms with Crippen LogP contribution in [0.5, 0.6) is 0 Å². The lowest BCUT2D eigenvalue weighted by molar-refractivity contribution is 0.157. The number of rotatable bonds is 6. The van der Waals surface area contributed by atoms with E-state index in [1.807, 2.05) is 29.0 Å². The van der Waals surface area contributed by atoms with Crippen LogP contribution in [0.1, 0.15) is 34.8 Å². The summed E-state index contributed by atoms with van der Waals surface area (Å²) in [5.41, 5.74) is 0.716. The first-order valence-electron chi connectivity index (χ1n) is 6.11. The van der Waals surface area contributed by atoms with Crippen LogP contribution in [0.25, 0.3) is 0 Å². The highest BCUT2D eigenvalue weighted by atomic mass is 32.1. The number of nitrogens with one attached hydrogen (secondary N) is 1. The van der Waals surface area contributed by atoms with E-state index in [0.717, 1.165) is 16.3 Å². The maximum absolute atomic E-state index is 10.0. The third-order valence-corrected chi connectivity index (χ3v) is 4.77. The summed E-state index contributed by atoms with van der Waals surface area (Å²) in [6.07, 6.45) is 0.289. The maximum atomic E-state index is 10.0. The molecule has 3 nitrogen and oxygen atoms in total. The third-order valence-electron chi connectivity index (χ3n) is 2.86. The summed E-state index contributed by atoms with van der Waals surface area (Å²) in [6, 6.07) is 8.17. The van der Waals surface area contributed by atoms with Gasteiger partial charge in [-0.05, 0) is 30.9 Å². The van der Waals surface area contributed by atoms with Crippen LogP contribution in [0, 0.1) is 11.3 Å². The van der Waals surface area contributed by atoms with Crippen LogP contribution in [-0.2, 0) is 6.54 Å². The summed E-state index contributed by atoms with van der Waals surface area (Å²) >= 11 is 3.17. The molecule has 0 aliphatic carbocycles. The Labute approximate surface area is 121 Å². The van der Waals surface area contributed by atoms with Crippen LogP contribution in [0.4, 0.5) is 0 Å². The van der Waals surface area contributed by atoms with Crippen molar-refractivity contribution in [2.75, 3.05) is 0 Å². The predicted molar refractivity (Wildman–Crippen MR) is 79.2 cm³/mol. The largest absolute Gasteiger partial charge is 0.388 e. The molecule has 100 valence electrons. The van der Waals surface area contributed by atoms with Gasteiger partial charge in [-0.3, -0.25) is 0 Å². The van der Waals surface area contributed by atoms with E-state index in [-0.39, 0.29) is 6.04 Å². The first kappa shape index (κ1) is 14.2. The van der Waals surface area contributed by atoms with Crippen LogP contribution in [-0.4, -0.2) is 11.1 Å². The molecule has 2 atom stereocenters. The van der Waals surface area contributed by atoms with E-state index < -0.39 is 6.10 Å². The fraction of sp³-hybridized carbons (Fsp3) is 0.357. The fourth-order valence-electron chi connectivity index (χ4n) is 1.82. The van der Waals surface area contributed by atoms with E-state index in [1.165, 1.54) is 0 Å². The van der Waals surface area contributed by atoms with E-state index in [0.29, 0.717) is 12.0 Å². The topological polar surface area (TPSA) is 56.0 Å². The van der Waals surface area contributed by atoms with Gasteiger partial charge in [-0.25, -0.2) is 0 Å². The highest BCUT2D eigenvalue weighted by molar-refractivity contribution is 7.10. The second-order valence-corrected chi connectivity index (χ2v) is 6.44. The van der Waals surface area contributed by atoms with E-state index in [9.17, 15) is 5.11 Å². The SMILES string of the molecule is CC(CC(O)c1cccs1)NCc1cc(C#N)cs1. The summed E-state index contributed by atoms with van der Waals surface area (Å²) in [6.45, 7) is 2.81. The van der Waals surface area contributed by atoms with Crippen molar-refractivity contribution in [3.05, 3.63) is 44.3 Å². The Kier molecular flexibility index (Phi) is 5.11. The summed E-state index contributed by atoms with van der Waals surface area (Å²) < 4.78 is 0. The lowest BCUT2D eigenvalue weighted by atomic mass is 10.1. The van der Waals surface area contributed by atoms with Crippen LogP contribution in [0.15, 0.2) is 29.0 Å². The number of hydrogen-bond donors (Lipinski definition) is 2. The Balaban J connectivity index is 1.78. The minimum atomic E-state index is -0.402. The van der Waals surface area contributed by atoms with Crippen molar-refractivity contribution in [1.29, 1.82) is 5.26 Å². The average molecular weight is 292 g/mol. The molecule has 2 aromatic heterocycles. The third kappa shape index (κ3) is 4.15. The smallest absolute Gasteiger partial charge is 0.100 e. The first-order chi connectivity index (χ1) is 9.19. The van der Waals surface area contributed by atoms with Gasteiger partial charge in [0, 0.05) is 27.7 Å². The molecular weight excluding hydrogens is 276 g/mol. The molecule has 2 heterocycles. The Bertz CT molecular complexity index is 542. The molecule has 2 unspecified atom stereocenters. The molecule has 0 bridgehead atoms. The predicted octanol–water partition coefficient (Wildman–Crippen LogP) is 3.28. The Hall–Kier alpha value is -1.19. The summed E-state index contributed by atoms with van der Waals surface area (Å²) in [7, 11) is 0. The molecule has 0 aliphatic rings. The van der Waals surface area contributed by atoms with Gasteiger partial charge < -0.3 is 10.4 Å². The van der Waals surface area contributed by atoms with Gasteiger partial charge >= 0.3 is 0 Å². The van der Waals surface area contributed by atoms with E-state index in [4.69, 9.17) is 5.26 Å². The van der Waals surface area contributed by atoms with Gasteiger partial charge in [-0.1, -0.05) is 6.07 Å². The van der Waals surface area contributed by atoms with Gasteiger partial charge in [0.1, 0.15) is 6.07 Å². The van der Waals surface area contributed by atoms with Crippen molar-refractivity contribution in [2.24, 2.45) is 0 Å². The zero-order chi connectivity index (χ0) is 13.7. The van der Waals surface area contributed by atoms with Crippen molar-refractivity contribution in [3.63, 3.8) is 0 Å². The molecule has 0 saturated heterocycles. The maximum Gasteiger partial charge on any atom is 0.100 e. The van der Waals surface area contributed by atoms with Crippen LogP contribution < -0.4 is 5.32 Å². The van der Waals surface area contributed by atoms with Gasteiger partial charge in [-0.2, -0.15) is 5.26 Å². The van der Waals surface area contributed by atoms with Crippen molar-refractivity contribution in [3.8, 4) is 6.07 Å². The highest BCUT2D eigenvalue weighted by Gasteiger charge is 2.13. The van der Waals surface area contributed by atoms with Crippen LogP contribution >= 0.6 is 22.7 Å². The van der Waals surface area contributed by atoms with Crippen LogP contribution in [0.2, 0.25) is 0 Å². The molecule has 0 amide bonds. The van der Waals surface area contributed by atoms with Crippen LogP contribution in [0.3, 0.4) is 0 Å². The molecule has 0 spiro atoms. The molecule has 2 rings (SSSR count). The molecule has 0 saturated carbocycles. The monoisotopic (exact) mass is 292 g/mol. The Morgan fingerprint density at radius 1 is 1.47 bits per heavy atom. The second-order valence-electron chi connectivity index (χ2n) is 4.46. The van der Waals surface area contributed by atoms with Crippen molar-refractivity contribution >= 4 is 22.7 Å². The Morgan fingerprint density at radius 3 is 2.95 bits per heavy atom. The van der Waals surface area contributed by atoms with Gasteiger partial charge in [0.25, 0.3) is 0 Å². The zero-order valence-electron chi connectivity index (χ0n) is 10.7. The van der Waals surface area contributed by atoms with Gasteiger partial charge in [-0.15, -0.1) is 22.7 Å². The van der Waals surface area contributed by atoms with Gasteiger partial charge in [0.15, 0.2) is 0 Å². The summed E-state index contributed by atoms with van der Waals surface area (Å²) in [5.74, 6) is 0. The lowest BCUT2D eigenvalue weighted by Crippen LogP contribution is -2.26. The molecule has 2 N–H and O–H groups in total. The number of aliphatic hydroxyl groups is 1. The molecule has 0 aromatic carbocycles. The quantitative estimate of drug-likeness (QED) is 0.859. The van der Waals surface area contributed by atoms with Gasteiger partial charge in [0.2, 0.25) is 0 Å².